The van der Waals surface area contributed by atoms with Crippen LogP contribution in [0.2, 0.25) is 4.89 Å². The molecular weight excluding hydrogens is 540 g/mol. The number of halogens is 1. The Labute approximate surface area is 210 Å². The van der Waals surface area contributed by atoms with Crippen LogP contribution < -0.4 is 21.2 Å². The number of hydrogen-bond donors (Lipinski definition) is 0. The van der Waals surface area contributed by atoms with Crippen LogP contribution in [0.5, 0.6) is 0 Å². The molecule has 0 aliphatic rings. The van der Waals surface area contributed by atoms with Crippen LogP contribution in [0.15, 0.2) is 121 Å². The van der Waals surface area contributed by atoms with E-state index in [0.717, 1.165) is 17.7 Å². The fourth-order valence-corrected chi connectivity index (χ4v) is 12.6. The monoisotopic (exact) mass is 565 g/mol. The SMILES string of the molecule is ClC(CC[CH2][Pd])(P(c1ccccc1)c1ccccc1)P(c1ccccc1)c1ccccc1. The van der Waals surface area contributed by atoms with Crippen LogP contribution in [0.3, 0.4) is 0 Å². The summed E-state index contributed by atoms with van der Waals surface area (Å²) in [6, 6.07) is 43.6. The van der Waals surface area contributed by atoms with Gasteiger partial charge >= 0.3 is 211 Å². The van der Waals surface area contributed by atoms with Crippen molar-refractivity contribution in [1.82, 2.24) is 0 Å². The molecule has 4 heteroatoms. The number of alkyl halides is 1. The Balaban J connectivity index is 1.97. The Bertz CT molecular complexity index is 913. The molecule has 0 spiro atoms. The van der Waals surface area contributed by atoms with E-state index in [1.807, 2.05) is 0 Å². The summed E-state index contributed by atoms with van der Waals surface area (Å²) in [5, 5.41) is 5.34. The van der Waals surface area contributed by atoms with Crippen LogP contribution in [0.1, 0.15) is 12.8 Å². The summed E-state index contributed by atoms with van der Waals surface area (Å²) in [4.78, 5) is 0.983. The summed E-state index contributed by atoms with van der Waals surface area (Å²) in [5.74, 6) is 0. The molecule has 0 radical (unpaired) electrons. The maximum absolute atomic E-state index is 8.03. The molecule has 0 aliphatic carbocycles. The first-order valence-corrected chi connectivity index (χ1v) is 14.9. The molecule has 0 amide bonds. The number of benzene rings is 4. The van der Waals surface area contributed by atoms with E-state index in [1.54, 1.807) is 0 Å². The predicted octanol–water partition coefficient (Wildman–Crippen LogP) is 6.89. The molecule has 32 heavy (non-hydrogen) atoms. The van der Waals surface area contributed by atoms with Gasteiger partial charge in [-0.05, 0) is 0 Å². The molecule has 0 saturated heterocycles. The number of rotatable bonds is 9. The normalized spacial score (nSPS) is 11.8. The third-order valence-electron chi connectivity index (χ3n) is 5.35. The maximum atomic E-state index is 8.03. The van der Waals surface area contributed by atoms with E-state index in [9.17, 15) is 0 Å². The minimum atomic E-state index is -0.817. The summed E-state index contributed by atoms with van der Waals surface area (Å²) < 4.78 is -0.421. The second-order valence-electron chi connectivity index (χ2n) is 7.49. The van der Waals surface area contributed by atoms with E-state index in [-0.39, 0.29) is 0 Å². The topological polar surface area (TPSA) is 0 Å². The standard InChI is InChI=1S/C28H26ClP2.Pd/c1-2-23-28(29,30(24-15-7-3-8-16-24)25-17-9-4-10-18-25)31(26-19-11-5-12-20-26)27-21-13-6-14-22-27;/h3-22H,1-2,23H2;. The van der Waals surface area contributed by atoms with Crippen molar-refractivity contribution >= 4 is 48.7 Å². The molecule has 0 aliphatic heterocycles. The van der Waals surface area contributed by atoms with Gasteiger partial charge in [0.25, 0.3) is 0 Å². The van der Waals surface area contributed by atoms with Gasteiger partial charge in [-0.25, -0.2) is 0 Å². The van der Waals surface area contributed by atoms with Crippen molar-refractivity contribution in [2.75, 3.05) is 0 Å². The first kappa shape index (κ1) is 23.8. The summed E-state index contributed by atoms with van der Waals surface area (Å²) >= 11 is 11.4. The molecule has 0 aromatic heterocycles. The molecule has 0 unspecified atom stereocenters. The molecule has 0 heterocycles. The molecule has 0 N–H and O–H groups in total. The third kappa shape index (κ3) is 5.42. The van der Waals surface area contributed by atoms with Crippen molar-refractivity contribution in [2.45, 2.75) is 22.1 Å². The summed E-state index contributed by atoms with van der Waals surface area (Å²) in [6.45, 7) is 0. The van der Waals surface area contributed by atoms with E-state index in [4.69, 9.17) is 11.6 Å². The van der Waals surface area contributed by atoms with Gasteiger partial charge in [-0.2, -0.15) is 0 Å². The van der Waals surface area contributed by atoms with Crippen molar-refractivity contribution in [2.24, 2.45) is 0 Å². The van der Waals surface area contributed by atoms with Crippen molar-refractivity contribution in [3.8, 4) is 0 Å². The van der Waals surface area contributed by atoms with Gasteiger partial charge in [-0.1, -0.05) is 0 Å². The zero-order valence-electron chi connectivity index (χ0n) is 17.8. The van der Waals surface area contributed by atoms with Crippen LogP contribution in [-0.4, -0.2) is 4.36 Å². The predicted molar refractivity (Wildman–Crippen MR) is 141 cm³/mol. The summed E-state index contributed by atoms with van der Waals surface area (Å²) in [7, 11) is -1.63. The second-order valence-corrected chi connectivity index (χ2v) is 14.7. The van der Waals surface area contributed by atoms with Gasteiger partial charge in [-0.15, -0.1) is 0 Å². The number of hydrogen-bond acceptors (Lipinski definition) is 0. The fraction of sp³-hybridized carbons (Fsp3) is 0.143. The Morgan fingerprint density at radius 3 is 1.06 bits per heavy atom. The second kappa shape index (κ2) is 11.7. The van der Waals surface area contributed by atoms with E-state index in [2.05, 4.69) is 141 Å². The van der Waals surface area contributed by atoms with E-state index in [1.165, 1.54) is 21.2 Å². The first-order chi connectivity index (χ1) is 15.7. The molecule has 0 atom stereocenters. The summed E-state index contributed by atoms with van der Waals surface area (Å²) in [5.41, 5.74) is 0. The Morgan fingerprint density at radius 1 is 0.531 bits per heavy atom. The van der Waals surface area contributed by atoms with Gasteiger partial charge in [0.2, 0.25) is 0 Å². The zero-order chi connectivity index (χ0) is 22.2. The molecule has 4 aromatic rings. The van der Waals surface area contributed by atoms with E-state index >= 15 is 0 Å². The average molecular weight is 566 g/mol. The Morgan fingerprint density at radius 2 is 0.812 bits per heavy atom. The molecule has 4 aromatic carbocycles. The van der Waals surface area contributed by atoms with Gasteiger partial charge in [0.15, 0.2) is 0 Å². The molecule has 0 saturated carbocycles. The van der Waals surface area contributed by atoms with Crippen LogP contribution in [0.25, 0.3) is 0 Å². The van der Waals surface area contributed by atoms with Crippen LogP contribution in [0.4, 0.5) is 0 Å². The van der Waals surface area contributed by atoms with Gasteiger partial charge in [0.1, 0.15) is 0 Å². The van der Waals surface area contributed by atoms with E-state index < -0.39 is 20.2 Å². The molecule has 4 rings (SSSR count). The quantitative estimate of drug-likeness (QED) is 0.118. The molecule has 0 nitrogen and oxygen atoms in total. The average Bonchev–Trinajstić information content (AvgIpc) is 2.86. The van der Waals surface area contributed by atoms with Gasteiger partial charge < -0.3 is 0 Å². The van der Waals surface area contributed by atoms with Gasteiger partial charge in [0.05, 0.1) is 0 Å². The Hall–Kier alpha value is -1.31. The fourth-order valence-electron chi connectivity index (χ4n) is 4.00. The van der Waals surface area contributed by atoms with Crippen molar-refractivity contribution in [1.29, 1.82) is 0 Å². The zero-order valence-corrected chi connectivity index (χ0v) is 21.9. The van der Waals surface area contributed by atoms with Crippen molar-refractivity contribution in [3.63, 3.8) is 0 Å². The molecular formula is C28H26ClP2Pd. The van der Waals surface area contributed by atoms with Crippen LogP contribution >= 0.6 is 27.4 Å². The third-order valence-corrected chi connectivity index (χ3v) is 13.4. The molecule has 0 bridgehead atoms. The van der Waals surface area contributed by atoms with Crippen LogP contribution in [-0.2, 0) is 19.2 Å². The first-order valence-electron chi connectivity index (χ1n) is 10.8. The minimum absolute atomic E-state index is 0.421. The Kier molecular flexibility index (Phi) is 8.72. The van der Waals surface area contributed by atoms with Gasteiger partial charge in [0, 0.05) is 0 Å². The van der Waals surface area contributed by atoms with Crippen molar-refractivity contribution < 1.29 is 19.2 Å². The molecule has 165 valence electrons. The van der Waals surface area contributed by atoms with Crippen LogP contribution in [0, 0.1) is 0 Å². The van der Waals surface area contributed by atoms with Crippen molar-refractivity contribution in [3.05, 3.63) is 121 Å². The molecule has 0 fully saturated rings. The summed E-state index contributed by atoms with van der Waals surface area (Å²) in [6.07, 6.45) is 1.99. The van der Waals surface area contributed by atoms with Gasteiger partial charge in [-0.3, -0.25) is 0 Å². The van der Waals surface area contributed by atoms with E-state index in [0.29, 0.717) is 0 Å².